The maximum absolute atomic E-state index is 5.81. The van der Waals surface area contributed by atoms with E-state index in [1.54, 1.807) is 6.20 Å². The molecule has 0 spiro atoms. The SMILES string of the molecule is CCOc1ccccc1OCCOc1cccc2cccnc12. The smallest absolute Gasteiger partial charge is 0.161 e. The van der Waals surface area contributed by atoms with Gasteiger partial charge in [0.1, 0.15) is 24.5 Å². The Morgan fingerprint density at radius 1 is 0.739 bits per heavy atom. The van der Waals surface area contributed by atoms with Gasteiger partial charge in [-0.15, -0.1) is 0 Å². The lowest BCUT2D eigenvalue weighted by Gasteiger charge is -2.12. The van der Waals surface area contributed by atoms with Gasteiger partial charge in [-0.2, -0.15) is 0 Å². The highest BCUT2D eigenvalue weighted by Crippen LogP contribution is 2.26. The molecule has 23 heavy (non-hydrogen) atoms. The predicted octanol–water partition coefficient (Wildman–Crippen LogP) is 4.09. The molecule has 0 N–H and O–H groups in total. The number of nitrogens with zero attached hydrogens (tertiary/aromatic N) is 1. The van der Waals surface area contributed by atoms with Crippen molar-refractivity contribution >= 4 is 10.9 Å². The van der Waals surface area contributed by atoms with Crippen LogP contribution in [0.25, 0.3) is 10.9 Å². The number of ether oxygens (including phenoxy) is 3. The Morgan fingerprint density at radius 2 is 1.39 bits per heavy atom. The first-order valence-corrected chi connectivity index (χ1v) is 7.69. The molecule has 0 unspecified atom stereocenters. The first kappa shape index (κ1) is 15.2. The van der Waals surface area contributed by atoms with Crippen molar-refractivity contribution in [1.82, 2.24) is 4.98 Å². The molecule has 2 aromatic carbocycles. The molecule has 1 aromatic heterocycles. The summed E-state index contributed by atoms with van der Waals surface area (Å²) < 4.78 is 17.1. The number of para-hydroxylation sites is 3. The molecule has 0 bridgehead atoms. The molecule has 3 rings (SSSR count). The van der Waals surface area contributed by atoms with E-state index in [1.165, 1.54) is 0 Å². The molecule has 0 radical (unpaired) electrons. The van der Waals surface area contributed by atoms with Gasteiger partial charge in [0.05, 0.1) is 6.61 Å². The lowest BCUT2D eigenvalue weighted by Crippen LogP contribution is -2.10. The van der Waals surface area contributed by atoms with Gasteiger partial charge in [-0.1, -0.05) is 30.3 Å². The molecule has 0 amide bonds. The highest BCUT2D eigenvalue weighted by Gasteiger charge is 2.05. The van der Waals surface area contributed by atoms with Crippen LogP contribution in [-0.2, 0) is 0 Å². The average molecular weight is 309 g/mol. The number of pyridine rings is 1. The summed E-state index contributed by atoms with van der Waals surface area (Å²) in [7, 11) is 0. The van der Waals surface area contributed by atoms with Crippen LogP contribution in [0, 0.1) is 0 Å². The van der Waals surface area contributed by atoms with Crippen LogP contribution in [0.15, 0.2) is 60.8 Å². The van der Waals surface area contributed by atoms with Gasteiger partial charge in [-0.25, -0.2) is 0 Å². The van der Waals surface area contributed by atoms with Crippen molar-refractivity contribution in [3.05, 3.63) is 60.8 Å². The fourth-order valence-electron chi connectivity index (χ4n) is 2.34. The van der Waals surface area contributed by atoms with E-state index >= 15 is 0 Å². The minimum Gasteiger partial charge on any atom is -0.490 e. The van der Waals surface area contributed by atoms with Crippen LogP contribution < -0.4 is 14.2 Å². The van der Waals surface area contributed by atoms with Gasteiger partial charge in [-0.3, -0.25) is 4.98 Å². The number of rotatable bonds is 7. The monoisotopic (exact) mass is 309 g/mol. The third-order valence-electron chi connectivity index (χ3n) is 3.34. The van der Waals surface area contributed by atoms with Gasteiger partial charge in [-0.05, 0) is 31.2 Å². The van der Waals surface area contributed by atoms with Gasteiger partial charge >= 0.3 is 0 Å². The second-order valence-electron chi connectivity index (χ2n) is 4.91. The van der Waals surface area contributed by atoms with Crippen LogP contribution in [0.2, 0.25) is 0 Å². The summed E-state index contributed by atoms with van der Waals surface area (Å²) in [5.41, 5.74) is 0.865. The summed E-state index contributed by atoms with van der Waals surface area (Å²) in [6, 6.07) is 17.5. The molecule has 1 heterocycles. The quantitative estimate of drug-likeness (QED) is 0.616. The molecule has 0 aliphatic carbocycles. The zero-order valence-electron chi connectivity index (χ0n) is 13.1. The van der Waals surface area contributed by atoms with Crippen LogP contribution in [-0.4, -0.2) is 24.8 Å². The summed E-state index contributed by atoms with van der Waals surface area (Å²) in [5, 5.41) is 1.06. The molecule has 4 nitrogen and oxygen atoms in total. The van der Waals surface area contributed by atoms with E-state index in [0.29, 0.717) is 19.8 Å². The molecule has 0 fully saturated rings. The second-order valence-corrected chi connectivity index (χ2v) is 4.91. The molecule has 0 atom stereocenters. The Kier molecular flexibility index (Phi) is 4.94. The van der Waals surface area contributed by atoms with Gasteiger partial charge in [0.25, 0.3) is 0 Å². The van der Waals surface area contributed by atoms with Gasteiger partial charge in [0.2, 0.25) is 0 Å². The summed E-state index contributed by atoms with van der Waals surface area (Å²) in [4.78, 5) is 4.37. The Hall–Kier alpha value is -2.75. The number of fused-ring (bicyclic) bond motifs is 1. The van der Waals surface area contributed by atoms with Gasteiger partial charge in [0, 0.05) is 11.6 Å². The van der Waals surface area contributed by atoms with Crippen LogP contribution in [0.3, 0.4) is 0 Å². The van der Waals surface area contributed by atoms with Gasteiger partial charge in [0.15, 0.2) is 11.5 Å². The highest BCUT2D eigenvalue weighted by molar-refractivity contribution is 5.84. The molecule has 0 saturated heterocycles. The summed E-state index contributed by atoms with van der Waals surface area (Å²) in [5.74, 6) is 2.25. The topological polar surface area (TPSA) is 40.6 Å². The zero-order valence-corrected chi connectivity index (χ0v) is 13.1. The fourth-order valence-corrected chi connectivity index (χ4v) is 2.34. The van der Waals surface area contributed by atoms with E-state index in [4.69, 9.17) is 14.2 Å². The molecule has 4 heteroatoms. The molecule has 0 aliphatic rings. The van der Waals surface area contributed by atoms with Crippen molar-refractivity contribution in [3.8, 4) is 17.2 Å². The summed E-state index contributed by atoms with van der Waals surface area (Å²) >= 11 is 0. The number of aromatic nitrogens is 1. The maximum atomic E-state index is 5.81. The first-order valence-electron chi connectivity index (χ1n) is 7.69. The Balaban J connectivity index is 1.59. The number of hydrogen-bond donors (Lipinski definition) is 0. The predicted molar refractivity (Wildman–Crippen MR) is 90.3 cm³/mol. The Labute approximate surface area is 135 Å². The van der Waals surface area contributed by atoms with Crippen molar-refractivity contribution in [3.63, 3.8) is 0 Å². The van der Waals surface area contributed by atoms with E-state index in [2.05, 4.69) is 4.98 Å². The highest BCUT2D eigenvalue weighted by atomic mass is 16.5. The Morgan fingerprint density at radius 3 is 2.17 bits per heavy atom. The average Bonchev–Trinajstić information content (AvgIpc) is 2.60. The molecule has 0 saturated carbocycles. The van der Waals surface area contributed by atoms with E-state index in [1.807, 2.05) is 61.5 Å². The molecular formula is C19H19NO3. The van der Waals surface area contributed by atoms with Crippen molar-refractivity contribution < 1.29 is 14.2 Å². The normalized spacial score (nSPS) is 10.5. The Bertz CT molecular complexity index is 768. The van der Waals surface area contributed by atoms with E-state index in [9.17, 15) is 0 Å². The molecular weight excluding hydrogens is 290 g/mol. The van der Waals surface area contributed by atoms with Crippen LogP contribution in [0.4, 0.5) is 0 Å². The first-order chi connectivity index (χ1) is 11.4. The molecule has 0 aliphatic heterocycles. The third-order valence-corrected chi connectivity index (χ3v) is 3.34. The maximum Gasteiger partial charge on any atom is 0.161 e. The largest absolute Gasteiger partial charge is 0.490 e. The lowest BCUT2D eigenvalue weighted by molar-refractivity contribution is 0.209. The van der Waals surface area contributed by atoms with Crippen molar-refractivity contribution in [2.45, 2.75) is 6.92 Å². The van der Waals surface area contributed by atoms with Crippen LogP contribution >= 0.6 is 0 Å². The minimum atomic E-state index is 0.438. The molecule has 118 valence electrons. The molecule has 3 aromatic rings. The van der Waals surface area contributed by atoms with E-state index < -0.39 is 0 Å². The van der Waals surface area contributed by atoms with Crippen molar-refractivity contribution in [2.24, 2.45) is 0 Å². The zero-order chi connectivity index (χ0) is 15.9. The standard InChI is InChI=1S/C19H19NO3/c1-2-21-16-9-3-4-10-17(16)22-13-14-23-18-11-5-7-15-8-6-12-20-19(15)18/h3-12H,2,13-14H2,1H3. The van der Waals surface area contributed by atoms with Crippen LogP contribution in [0.1, 0.15) is 6.92 Å². The summed E-state index contributed by atoms with van der Waals surface area (Å²) in [6.07, 6.45) is 1.77. The number of hydrogen-bond acceptors (Lipinski definition) is 4. The van der Waals surface area contributed by atoms with Crippen LogP contribution in [0.5, 0.6) is 17.2 Å². The van der Waals surface area contributed by atoms with Gasteiger partial charge < -0.3 is 14.2 Å². The van der Waals surface area contributed by atoms with E-state index in [0.717, 1.165) is 28.2 Å². The third kappa shape index (κ3) is 3.72. The lowest BCUT2D eigenvalue weighted by atomic mass is 10.2. The number of benzene rings is 2. The van der Waals surface area contributed by atoms with E-state index in [-0.39, 0.29) is 0 Å². The van der Waals surface area contributed by atoms with Crippen molar-refractivity contribution in [1.29, 1.82) is 0 Å². The minimum absolute atomic E-state index is 0.438. The fraction of sp³-hybridized carbons (Fsp3) is 0.211. The second kappa shape index (κ2) is 7.49. The summed E-state index contributed by atoms with van der Waals surface area (Å²) in [6.45, 7) is 3.44. The van der Waals surface area contributed by atoms with Crippen molar-refractivity contribution in [2.75, 3.05) is 19.8 Å².